The van der Waals surface area contributed by atoms with Crippen molar-refractivity contribution >= 4 is 6.03 Å². The van der Waals surface area contributed by atoms with E-state index in [0.717, 1.165) is 17.7 Å². The number of para-hydroxylation sites is 1. The van der Waals surface area contributed by atoms with Crippen LogP contribution in [-0.4, -0.2) is 42.3 Å². The Labute approximate surface area is 125 Å². The van der Waals surface area contributed by atoms with Crippen molar-refractivity contribution in [3.8, 4) is 5.75 Å². The first-order valence-corrected chi connectivity index (χ1v) is 7.39. The molecule has 0 aromatic heterocycles. The first-order chi connectivity index (χ1) is 10.0. The number of carbonyl (C=O) groups excluding carboxylic acids is 1. The number of rotatable bonds is 4. The molecule has 2 amide bonds. The van der Waals surface area contributed by atoms with Gasteiger partial charge >= 0.3 is 6.03 Å². The van der Waals surface area contributed by atoms with Crippen molar-refractivity contribution in [2.45, 2.75) is 32.4 Å². The van der Waals surface area contributed by atoms with E-state index in [2.05, 4.69) is 5.32 Å². The maximum atomic E-state index is 12.3. The van der Waals surface area contributed by atoms with Gasteiger partial charge in [-0.3, -0.25) is 0 Å². The highest BCUT2D eigenvalue weighted by Gasteiger charge is 2.29. The second-order valence-electron chi connectivity index (χ2n) is 5.65. The van der Waals surface area contributed by atoms with Gasteiger partial charge in [0.05, 0.1) is 19.3 Å². The summed E-state index contributed by atoms with van der Waals surface area (Å²) in [6.45, 7) is 5.03. The summed E-state index contributed by atoms with van der Waals surface area (Å²) in [5, 5.41) is 12.6. The van der Waals surface area contributed by atoms with E-state index < -0.39 is 0 Å². The van der Waals surface area contributed by atoms with Gasteiger partial charge in [-0.2, -0.15) is 0 Å². The van der Waals surface area contributed by atoms with E-state index in [4.69, 9.17) is 4.74 Å². The Morgan fingerprint density at radius 2 is 2.14 bits per heavy atom. The molecule has 1 fully saturated rings. The highest BCUT2D eigenvalue weighted by molar-refractivity contribution is 5.75. The lowest BCUT2D eigenvalue weighted by Crippen LogP contribution is -2.40. The van der Waals surface area contributed by atoms with Gasteiger partial charge in [0.25, 0.3) is 0 Å². The number of ether oxygens (including phenoxy) is 1. The number of urea groups is 1. The zero-order chi connectivity index (χ0) is 15.4. The maximum absolute atomic E-state index is 12.3. The Balaban J connectivity index is 1.96. The van der Waals surface area contributed by atoms with Crippen LogP contribution in [0.25, 0.3) is 0 Å². The van der Waals surface area contributed by atoms with Crippen LogP contribution in [0.2, 0.25) is 0 Å². The Morgan fingerprint density at radius 1 is 1.43 bits per heavy atom. The van der Waals surface area contributed by atoms with Crippen molar-refractivity contribution in [3.05, 3.63) is 29.8 Å². The van der Waals surface area contributed by atoms with Gasteiger partial charge in [0.1, 0.15) is 5.75 Å². The molecule has 2 N–H and O–H groups in total. The van der Waals surface area contributed by atoms with Crippen LogP contribution in [0, 0.1) is 5.92 Å². The molecule has 0 aliphatic carbocycles. The topological polar surface area (TPSA) is 61.8 Å². The van der Waals surface area contributed by atoms with E-state index in [-0.39, 0.29) is 24.1 Å². The predicted octanol–water partition coefficient (Wildman–Crippen LogP) is 2.17. The Bertz CT molecular complexity index is 490. The number of nitrogens with zero attached hydrogens (tertiary/aromatic N) is 1. The maximum Gasteiger partial charge on any atom is 0.317 e. The van der Waals surface area contributed by atoms with Crippen LogP contribution < -0.4 is 10.1 Å². The molecule has 116 valence electrons. The molecule has 2 rings (SSSR count). The molecule has 0 unspecified atom stereocenters. The average Bonchev–Trinajstić information content (AvgIpc) is 2.97. The standard InChI is InChI=1S/C16H24N2O3/c1-11(14-6-4-5-7-15(14)21-3)17-16(20)18-9-8-13(10-18)12(2)19/h4-7,11-13,19H,8-10H2,1-3H3,(H,17,20)/t11-,12+,13+/m0/s1. The van der Waals surface area contributed by atoms with E-state index in [9.17, 15) is 9.90 Å². The lowest BCUT2D eigenvalue weighted by molar-refractivity contribution is 0.129. The Morgan fingerprint density at radius 3 is 2.76 bits per heavy atom. The number of methoxy groups -OCH3 is 1. The predicted molar refractivity (Wildman–Crippen MR) is 81.3 cm³/mol. The summed E-state index contributed by atoms with van der Waals surface area (Å²) in [6, 6.07) is 7.46. The molecular formula is C16H24N2O3. The van der Waals surface area contributed by atoms with Gasteiger partial charge in [-0.15, -0.1) is 0 Å². The van der Waals surface area contributed by atoms with Gasteiger partial charge in [0, 0.05) is 24.6 Å². The third-order valence-electron chi connectivity index (χ3n) is 4.14. The molecule has 1 aliphatic rings. The summed E-state index contributed by atoms with van der Waals surface area (Å²) in [5.74, 6) is 0.950. The van der Waals surface area contributed by atoms with Crippen molar-refractivity contribution in [1.82, 2.24) is 10.2 Å². The first kappa shape index (κ1) is 15.6. The van der Waals surface area contributed by atoms with Crippen LogP contribution >= 0.6 is 0 Å². The zero-order valence-corrected chi connectivity index (χ0v) is 12.9. The Kier molecular flexibility index (Phi) is 5.07. The van der Waals surface area contributed by atoms with E-state index in [0.29, 0.717) is 13.1 Å². The molecule has 21 heavy (non-hydrogen) atoms. The van der Waals surface area contributed by atoms with Gasteiger partial charge < -0.3 is 20.1 Å². The zero-order valence-electron chi connectivity index (χ0n) is 12.9. The van der Waals surface area contributed by atoms with Crippen LogP contribution in [0.1, 0.15) is 31.9 Å². The molecule has 0 bridgehead atoms. The fourth-order valence-electron chi connectivity index (χ4n) is 2.74. The van der Waals surface area contributed by atoms with Gasteiger partial charge in [-0.1, -0.05) is 18.2 Å². The van der Waals surface area contributed by atoms with Crippen molar-refractivity contribution in [2.75, 3.05) is 20.2 Å². The summed E-state index contributed by atoms with van der Waals surface area (Å²) in [4.78, 5) is 14.1. The second kappa shape index (κ2) is 6.80. The molecule has 1 aromatic carbocycles. The average molecular weight is 292 g/mol. The van der Waals surface area contributed by atoms with Crippen LogP contribution in [0.5, 0.6) is 5.75 Å². The van der Waals surface area contributed by atoms with Crippen molar-refractivity contribution in [3.63, 3.8) is 0 Å². The van der Waals surface area contributed by atoms with Crippen LogP contribution in [-0.2, 0) is 0 Å². The number of carbonyl (C=O) groups is 1. The van der Waals surface area contributed by atoms with E-state index in [1.54, 1.807) is 18.9 Å². The van der Waals surface area contributed by atoms with Gasteiger partial charge in [0.15, 0.2) is 0 Å². The summed E-state index contributed by atoms with van der Waals surface area (Å²) in [6.07, 6.45) is 0.489. The summed E-state index contributed by atoms with van der Waals surface area (Å²) < 4.78 is 5.32. The van der Waals surface area contributed by atoms with Crippen LogP contribution in [0.3, 0.4) is 0 Å². The van der Waals surface area contributed by atoms with Gasteiger partial charge in [-0.05, 0) is 26.3 Å². The molecule has 1 saturated heterocycles. The van der Waals surface area contributed by atoms with Crippen molar-refractivity contribution in [1.29, 1.82) is 0 Å². The number of hydrogen-bond acceptors (Lipinski definition) is 3. The smallest absolute Gasteiger partial charge is 0.317 e. The monoisotopic (exact) mass is 292 g/mol. The SMILES string of the molecule is COc1ccccc1[C@H](C)NC(=O)N1CC[C@@H]([C@@H](C)O)C1. The molecule has 1 aliphatic heterocycles. The third kappa shape index (κ3) is 3.67. The largest absolute Gasteiger partial charge is 0.496 e. The number of hydrogen-bond donors (Lipinski definition) is 2. The molecule has 5 heteroatoms. The molecular weight excluding hydrogens is 268 g/mol. The molecule has 0 spiro atoms. The lowest BCUT2D eigenvalue weighted by Gasteiger charge is -2.22. The first-order valence-electron chi connectivity index (χ1n) is 7.39. The molecule has 0 saturated carbocycles. The normalized spacial score (nSPS) is 21.0. The molecule has 1 aromatic rings. The fourth-order valence-corrected chi connectivity index (χ4v) is 2.74. The summed E-state index contributed by atoms with van der Waals surface area (Å²) >= 11 is 0. The number of benzene rings is 1. The van der Waals surface area contributed by atoms with Crippen molar-refractivity contribution in [2.24, 2.45) is 5.92 Å². The summed E-state index contributed by atoms with van der Waals surface area (Å²) in [5.41, 5.74) is 0.958. The van der Waals surface area contributed by atoms with Gasteiger partial charge in [-0.25, -0.2) is 4.79 Å². The third-order valence-corrected chi connectivity index (χ3v) is 4.14. The van der Waals surface area contributed by atoms with E-state index in [1.807, 2.05) is 31.2 Å². The molecule has 5 nitrogen and oxygen atoms in total. The number of likely N-dealkylation sites (tertiary alicyclic amines) is 1. The highest BCUT2D eigenvalue weighted by Crippen LogP contribution is 2.25. The van der Waals surface area contributed by atoms with Crippen molar-refractivity contribution < 1.29 is 14.6 Å². The van der Waals surface area contributed by atoms with Crippen LogP contribution in [0.4, 0.5) is 4.79 Å². The molecule has 1 heterocycles. The lowest BCUT2D eigenvalue weighted by atomic mass is 10.0. The number of aliphatic hydroxyl groups is 1. The summed E-state index contributed by atoms with van der Waals surface area (Å²) in [7, 11) is 1.63. The number of nitrogens with one attached hydrogen (secondary N) is 1. The Hall–Kier alpha value is -1.75. The quantitative estimate of drug-likeness (QED) is 0.894. The molecule has 3 atom stereocenters. The number of aliphatic hydroxyl groups excluding tert-OH is 1. The van der Waals surface area contributed by atoms with Crippen LogP contribution in [0.15, 0.2) is 24.3 Å². The van der Waals surface area contributed by atoms with Gasteiger partial charge in [0.2, 0.25) is 0 Å². The minimum Gasteiger partial charge on any atom is -0.496 e. The number of amides is 2. The highest BCUT2D eigenvalue weighted by atomic mass is 16.5. The molecule has 0 radical (unpaired) electrons. The second-order valence-corrected chi connectivity index (χ2v) is 5.65. The fraction of sp³-hybridized carbons (Fsp3) is 0.562. The minimum atomic E-state index is -0.366. The minimum absolute atomic E-state index is 0.0865. The van der Waals surface area contributed by atoms with E-state index in [1.165, 1.54) is 0 Å². The van der Waals surface area contributed by atoms with E-state index >= 15 is 0 Å².